The fourth-order valence-corrected chi connectivity index (χ4v) is 14.4. The molecule has 4 rings (SSSR count). The predicted octanol–water partition coefficient (Wildman–Crippen LogP) is 7.08. The molecule has 0 amide bonds. The molecule has 0 unspecified atom stereocenters. The first kappa shape index (κ1) is 21.6. The zero-order valence-corrected chi connectivity index (χ0v) is 20.9. The van der Waals surface area contributed by atoms with Crippen LogP contribution in [-0.2, 0) is 4.74 Å². The van der Waals surface area contributed by atoms with E-state index in [0.717, 1.165) is 12.8 Å². The molecule has 1 nitrogen and oxygen atoms in total. The van der Waals surface area contributed by atoms with Gasteiger partial charge in [-0.25, -0.2) is 0 Å². The molecule has 0 spiro atoms. The molecule has 0 saturated carbocycles. The molecule has 0 aromatic heterocycles. The molecule has 30 heavy (non-hydrogen) atoms. The third-order valence-corrected chi connectivity index (χ3v) is 18.0. The molecule has 3 heteroatoms. The van der Waals surface area contributed by atoms with Crippen LogP contribution in [0.5, 0.6) is 0 Å². The molecule has 0 heterocycles. The van der Waals surface area contributed by atoms with E-state index < -0.39 is 4.25 Å². The van der Waals surface area contributed by atoms with Gasteiger partial charge in [0, 0.05) is 0 Å². The number of ether oxygens (including phenoxy) is 1. The SMILES string of the molecule is CC(C)OC1=C(P(I)(c2ccccc2)(c2ccccc2)c2ccccc2)CCCC1. The first-order chi connectivity index (χ1) is 14.6. The maximum absolute atomic E-state index is 6.55. The Morgan fingerprint density at radius 1 is 0.667 bits per heavy atom. The molecular weight excluding hydrogens is 498 g/mol. The summed E-state index contributed by atoms with van der Waals surface area (Å²) in [5.74, 6) is 1.22. The molecule has 3 aromatic rings. The Morgan fingerprint density at radius 2 is 1.07 bits per heavy atom. The standard InChI is InChI=1S/C27H30IOP/c1-22(2)29-26-20-12-13-21-27(26)30(28,23-14-6-3-7-15-23,24-16-8-4-9-17-24)25-18-10-5-11-19-25/h3-11,14-19,22H,12-13,20-21H2,1-2H3. The van der Waals surface area contributed by atoms with Crippen molar-refractivity contribution in [2.45, 2.75) is 45.6 Å². The molecule has 0 bridgehead atoms. The average molecular weight is 528 g/mol. The summed E-state index contributed by atoms with van der Waals surface area (Å²) in [5.41, 5.74) is 0. The van der Waals surface area contributed by atoms with Crippen molar-refractivity contribution in [1.82, 2.24) is 0 Å². The second kappa shape index (κ2) is 8.85. The second-order valence-electron chi connectivity index (χ2n) is 8.26. The van der Waals surface area contributed by atoms with Crippen LogP contribution in [0.3, 0.4) is 0 Å². The van der Waals surface area contributed by atoms with E-state index in [0.29, 0.717) is 0 Å². The molecule has 156 valence electrons. The van der Waals surface area contributed by atoms with Crippen LogP contribution < -0.4 is 15.9 Å². The van der Waals surface area contributed by atoms with Gasteiger partial charge in [-0.2, -0.15) is 0 Å². The number of allylic oxidation sites excluding steroid dienone is 2. The Labute approximate surface area is 194 Å². The molecule has 1 aliphatic carbocycles. The van der Waals surface area contributed by atoms with E-state index in [1.54, 1.807) is 0 Å². The van der Waals surface area contributed by atoms with Crippen molar-refractivity contribution in [3.8, 4) is 0 Å². The zero-order valence-electron chi connectivity index (χ0n) is 17.8. The summed E-state index contributed by atoms with van der Waals surface area (Å²) in [6.07, 6.45) is 4.71. The molecule has 0 saturated heterocycles. The van der Waals surface area contributed by atoms with Crippen molar-refractivity contribution in [2.75, 3.05) is 0 Å². The van der Waals surface area contributed by atoms with Crippen molar-refractivity contribution in [3.63, 3.8) is 0 Å². The van der Waals surface area contributed by atoms with Crippen LogP contribution in [0.4, 0.5) is 0 Å². The van der Waals surface area contributed by atoms with Crippen molar-refractivity contribution in [3.05, 3.63) is 102 Å². The third-order valence-electron chi connectivity index (χ3n) is 6.00. The number of rotatable bonds is 6. The van der Waals surface area contributed by atoms with Crippen LogP contribution in [-0.4, -0.2) is 6.10 Å². The third kappa shape index (κ3) is 3.52. The first-order valence-corrected chi connectivity index (χ1v) is 15.9. The second-order valence-corrected chi connectivity index (χ2v) is 18.2. The number of benzene rings is 3. The van der Waals surface area contributed by atoms with Gasteiger partial charge in [-0.3, -0.25) is 0 Å². The van der Waals surface area contributed by atoms with E-state index in [-0.39, 0.29) is 6.10 Å². The van der Waals surface area contributed by atoms with Crippen LogP contribution in [0, 0.1) is 0 Å². The van der Waals surface area contributed by atoms with Crippen LogP contribution >= 0.6 is 26.3 Å². The number of hydrogen-bond donors (Lipinski definition) is 0. The van der Waals surface area contributed by atoms with Gasteiger partial charge in [-0.05, 0) is 0 Å². The van der Waals surface area contributed by atoms with Gasteiger partial charge in [-0.1, -0.05) is 0 Å². The predicted molar refractivity (Wildman–Crippen MR) is 141 cm³/mol. The average Bonchev–Trinajstić information content (AvgIpc) is 2.80. The van der Waals surface area contributed by atoms with Crippen molar-refractivity contribution < 1.29 is 4.74 Å². The zero-order chi connectivity index (χ0) is 21.1. The number of halogens is 1. The van der Waals surface area contributed by atoms with Gasteiger partial charge in [0.2, 0.25) is 0 Å². The van der Waals surface area contributed by atoms with Crippen LogP contribution in [0.25, 0.3) is 0 Å². The Kier molecular flexibility index (Phi) is 6.36. The van der Waals surface area contributed by atoms with Crippen molar-refractivity contribution in [2.24, 2.45) is 0 Å². The molecule has 0 N–H and O–H groups in total. The normalized spacial score (nSPS) is 16.2. The summed E-state index contributed by atoms with van der Waals surface area (Å²) in [4.78, 5) is 0. The van der Waals surface area contributed by atoms with Crippen LogP contribution in [0.2, 0.25) is 0 Å². The molecular formula is C27H30IOP. The van der Waals surface area contributed by atoms with Gasteiger partial charge < -0.3 is 0 Å². The van der Waals surface area contributed by atoms with E-state index in [9.17, 15) is 0 Å². The summed E-state index contributed by atoms with van der Waals surface area (Å²) in [6, 6.07) is 33.5. The van der Waals surface area contributed by atoms with E-state index in [2.05, 4.69) is 127 Å². The first-order valence-electron chi connectivity index (χ1n) is 10.8. The van der Waals surface area contributed by atoms with Crippen molar-refractivity contribution in [1.29, 1.82) is 0 Å². The Balaban J connectivity index is 2.18. The summed E-state index contributed by atoms with van der Waals surface area (Å²) in [5, 5.41) is 5.74. The van der Waals surface area contributed by atoms with Gasteiger partial charge in [0.05, 0.1) is 0 Å². The quantitative estimate of drug-likeness (QED) is 0.246. The Hall–Kier alpha value is -1.64. The van der Waals surface area contributed by atoms with E-state index in [1.165, 1.54) is 39.8 Å². The van der Waals surface area contributed by atoms with Crippen LogP contribution in [0.15, 0.2) is 102 Å². The minimum absolute atomic E-state index is 0.181. The fourth-order valence-electron chi connectivity index (χ4n) is 4.76. The summed E-state index contributed by atoms with van der Waals surface area (Å²) in [6.45, 7) is 4.30. The summed E-state index contributed by atoms with van der Waals surface area (Å²) in [7, 11) is 0. The molecule has 0 fully saturated rings. The molecule has 1 aliphatic rings. The van der Waals surface area contributed by atoms with Gasteiger partial charge in [-0.15, -0.1) is 0 Å². The van der Waals surface area contributed by atoms with Gasteiger partial charge >= 0.3 is 195 Å². The number of hydrogen-bond acceptors (Lipinski definition) is 1. The van der Waals surface area contributed by atoms with E-state index in [1.807, 2.05) is 0 Å². The topological polar surface area (TPSA) is 9.23 Å². The van der Waals surface area contributed by atoms with Gasteiger partial charge in [0.25, 0.3) is 0 Å². The van der Waals surface area contributed by atoms with Gasteiger partial charge in [0.1, 0.15) is 0 Å². The summed E-state index contributed by atoms with van der Waals surface area (Å²) >= 11 is 2.88. The summed E-state index contributed by atoms with van der Waals surface area (Å²) < 4.78 is 3.59. The monoisotopic (exact) mass is 528 g/mol. The van der Waals surface area contributed by atoms with Crippen LogP contribution in [0.1, 0.15) is 39.5 Å². The van der Waals surface area contributed by atoms with E-state index >= 15 is 0 Å². The molecule has 0 radical (unpaired) electrons. The maximum atomic E-state index is 6.55. The Bertz CT molecular complexity index is 913. The molecule has 0 aliphatic heterocycles. The van der Waals surface area contributed by atoms with Crippen molar-refractivity contribution >= 4 is 42.2 Å². The molecule has 3 aromatic carbocycles. The Morgan fingerprint density at radius 3 is 1.47 bits per heavy atom. The fraction of sp³-hybridized carbons (Fsp3) is 0.259. The van der Waals surface area contributed by atoms with Gasteiger partial charge in [0.15, 0.2) is 0 Å². The minimum atomic E-state index is -2.95. The molecule has 0 atom stereocenters. The van der Waals surface area contributed by atoms with E-state index in [4.69, 9.17) is 4.74 Å².